The number of hydrogen-bond acceptors (Lipinski definition) is 2. The van der Waals surface area contributed by atoms with Gasteiger partial charge in [0.25, 0.3) is 0 Å². The summed E-state index contributed by atoms with van der Waals surface area (Å²) in [5, 5.41) is 0. The third-order valence-electron chi connectivity index (χ3n) is 6.84. The maximum atomic E-state index is 13.1. The minimum Gasteiger partial charge on any atom is -0.331 e. The Morgan fingerprint density at radius 3 is 2.62 bits per heavy atom. The number of amides is 2. The lowest BCUT2D eigenvalue weighted by atomic mass is 9.75. The molecule has 0 radical (unpaired) electrons. The highest BCUT2D eigenvalue weighted by Gasteiger charge is 2.45. The van der Waals surface area contributed by atoms with Crippen molar-refractivity contribution < 1.29 is 9.59 Å². The quantitative estimate of drug-likeness (QED) is 0.815. The lowest BCUT2D eigenvalue weighted by Crippen LogP contribution is -2.59. The number of carbonyl (C=O) groups is 2. The number of nitrogens with zero attached hydrogens (tertiary/aromatic N) is 2. The van der Waals surface area contributed by atoms with Crippen LogP contribution in [-0.4, -0.2) is 41.2 Å². The van der Waals surface area contributed by atoms with Crippen LogP contribution >= 0.6 is 0 Å². The van der Waals surface area contributed by atoms with Crippen molar-refractivity contribution >= 4 is 11.8 Å². The Bertz CT molecular complexity index is 721. The summed E-state index contributed by atoms with van der Waals surface area (Å²) in [6.07, 6.45) is 4.78. The summed E-state index contributed by atoms with van der Waals surface area (Å²) < 4.78 is 0. The second-order valence-corrected chi connectivity index (χ2v) is 9.06. The van der Waals surface area contributed by atoms with Crippen LogP contribution in [0.25, 0.3) is 0 Å². The van der Waals surface area contributed by atoms with Crippen LogP contribution < -0.4 is 0 Å². The first kappa shape index (κ1) is 17.6. The van der Waals surface area contributed by atoms with Crippen LogP contribution in [0.2, 0.25) is 0 Å². The van der Waals surface area contributed by atoms with Gasteiger partial charge in [0.05, 0.1) is 12.6 Å². The van der Waals surface area contributed by atoms with E-state index in [1.54, 1.807) is 0 Å². The van der Waals surface area contributed by atoms with E-state index in [0.717, 1.165) is 19.4 Å². The van der Waals surface area contributed by atoms with E-state index in [9.17, 15) is 9.59 Å². The summed E-state index contributed by atoms with van der Waals surface area (Å²) in [7, 11) is 0. The SMILES string of the molecule is CC(C(=O)N1CC(=O)N2CC(C)(C)c3ccccc3C2C1)C1CCCC1. The van der Waals surface area contributed by atoms with Crippen LogP contribution in [0.5, 0.6) is 0 Å². The van der Waals surface area contributed by atoms with Crippen molar-refractivity contribution in [2.24, 2.45) is 11.8 Å². The molecular formula is C22H30N2O2. The van der Waals surface area contributed by atoms with Gasteiger partial charge in [0.1, 0.15) is 0 Å². The van der Waals surface area contributed by atoms with Gasteiger partial charge in [-0.25, -0.2) is 0 Å². The molecule has 2 atom stereocenters. The fourth-order valence-corrected chi connectivity index (χ4v) is 5.29. The van der Waals surface area contributed by atoms with E-state index in [2.05, 4.69) is 39.0 Å². The number of hydrogen-bond donors (Lipinski definition) is 0. The Kier molecular flexibility index (Phi) is 4.32. The average molecular weight is 354 g/mol. The number of benzene rings is 1. The highest BCUT2D eigenvalue weighted by atomic mass is 16.2. The molecule has 1 aliphatic carbocycles. The van der Waals surface area contributed by atoms with Crippen LogP contribution in [0.4, 0.5) is 0 Å². The van der Waals surface area contributed by atoms with E-state index in [0.29, 0.717) is 12.5 Å². The molecule has 1 aromatic carbocycles. The molecule has 0 N–H and O–H groups in total. The van der Waals surface area contributed by atoms with Crippen LogP contribution in [0.15, 0.2) is 24.3 Å². The van der Waals surface area contributed by atoms with Gasteiger partial charge in [0.15, 0.2) is 0 Å². The van der Waals surface area contributed by atoms with Crippen molar-refractivity contribution in [2.75, 3.05) is 19.6 Å². The molecule has 0 spiro atoms. The number of piperazine rings is 1. The van der Waals surface area contributed by atoms with Crippen LogP contribution in [0.1, 0.15) is 63.6 Å². The highest BCUT2D eigenvalue weighted by Crippen LogP contribution is 2.42. The standard InChI is InChI=1S/C22H30N2O2/c1-15(16-8-4-5-9-16)21(26)23-12-19-17-10-6-7-11-18(17)22(2,3)14-24(19)20(25)13-23/h6-7,10-11,15-16,19H,4-5,8-9,12-14H2,1-3H3. The van der Waals surface area contributed by atoms with Crippen molar-refractivity contribution in [1.82, 2.24) is 9.80 Å². The molecule has 1 saturated heterocycles. The van der Waals surface area contributed by atoms with E-state index in [1.807, 2.05) is 15.9 Å². The van der Waals surface area contributed by atoms with Gasteiger partial charge in [-0.05, 0) is 29.9 Å². The van der Waals surface area contributed by atoms with E-state index in [1.165, 1.54) is 24.0 Å². The Balaban J connectivity index is 1.60. The van der Waals surface area contributed by atoms with Gasteiger partial charge >= 0.3 is 0 Å². The molecule has 2 amide bonds. The fourth-order valence-electron chi connectivity index (χ4n) is 5.29. The van der Waals surface area contributed by atoms with Crippen molar-refractivity contribution in [3.63, 3.8) is 0 Å². The number of rotatable bonds is 2. The third kappa shape index (κ3) is 2.83. The van der Waals surface area contributed by atoms with Gasteiger partial charge < -0.3 is 9.80 Å². The monoisotopic (exact) mass is 354 g/mol. The van der Waals surface area contributed by atoms with Crippen molar-refractivity contribution in [2.45, 2.75) is 57.9 Å². The molecular weight excluding hydrogens is 324 g/mol. The molecule has 2 heterocycles. The van der Waals surface area contributed by atoms with E-state index < -0.39 is 0 Å². The molecule has 2 unspecified atom stereocenters. The Hall–Kier alpha value is -1.84. The Morgan fingerprint density at radius 1 is 1.19 bits per heavy atom. The van der Waals surface area contributed by atoms with Crippen molar-refractivity contribution in [3.05, 3.63) is 35.4 Å². The van der Waals surface area contributed by atoms with Gasteiger partial charge in [-0.1, -0.05) is 57.9 Å². The lowest BCUT2D eigenvalue weighted by molar-refractivity contribution is -0.153. The van der Waals surface area contributed by atoms with Gasteiger partial charge in [0, 0.05) is 24.4 Å². The zero-order chi connectivity index (χ0) is 18.5. The smallest absolute Gasteiger partial charge is 0.242 e. The maximum absolute atomic E-state index is 13.1. The number of carbonyl (C=O) groups excluding carboxylic acids is 2. The van der Waals surface area contributed by atoms with Gasteiger partial charge in [-0.15, -0.1) is 0 Å². The molecule has 140 valence electrons. The van der Waals surface area contributed by atoms with E-state index in [4.69, 9.17) is 0 Å². The summed E-state index contributed by atoms with van der Waals surface area (Å²) in [5.41, 5.74) is 2.47. The summed E-state index contributed by atoms with van der Waals surface area (Å²) in [6, 6.07) is 8.44. The molecule has 1 aromatic rings. The molecule has 0 bridgehead atoms. The highest BCUT2D eigenvalue weighted by molar-refractivity contribution is 5.88. The Morgan fingerprint density at radius 2 is 1.88 bits per heavy atom. The largest absolute Gasteiger partial charge is 0.331 e. The predicted molar refractivity (Wildman–Crippen MR) is 102 cm³/mol. The molecule has 0 aromatic heterocycles. The molecule has 26 heavy (non-hydrogen) atoms. The van der Waals surface area contributed by atoms with E-state index in [-0.39, 0.29) is 35.7 Å². The summed E-state index contributed by atoms with van der Waals surface area (Å²) in [5.74, 6) is 0.795. The first-order valence-electron chi connectivity index (χ1n) is 10.1. The van der Waals surface area contributed by atoms with Crippen molar-refractivity contribution in [1.29, 1.82) is 0 Å². The van der Waals surface area contributed by atoms with E-state index >= 15 is 0 Å². The zero-order valence-electron chi connectivity index (χ0n) is 16.2. The second-order valence-electron chi connectivity index (χ2n) is 9.06. The summed E-state index contributed by atoms with van der Waals surface area (Å²) >= 11 is 0. The summed E-state index contributed by atoms with van der Waals surface area (Å²) in [6.45, 7) is 8.07. The topological polar surface area (TPSA) is 40.6 Å². The molecule has 2 aliphatic heterocycles. The molecule has 1 saturated carbocycles. The molecule has 4 rings (SSSR count). The number of fused-ring (bicyclic) bond motifs is 3. The lowest BCUT2D eigenvalue weighted by Gasteiger charge is -2.50. The van der Waals surface area contributed by atoms with Gasteiger partial charge in [-0.3, -0.25) is 9.59 Å². The maximum Gasteiger partial charge on any atom is 0.242 e. The van der Waals surface area contributed by atoms with Crippen molar-refractivity contribution in [3.8, 4) is 0 Å². The minimum atomic E-state index is -0.0495. The first-order chi connectivity index (χ1) is 12.4. The van der Waals surface area contributed by atoms with Gasteiger partial charge in [-0.2, -0.15) is 0 Å². The summed E-state index contributed by atoms with van der Waals surface area (Å²) in [4.78, 5) is 29.9. The van der Waals surface area contributed by atoms with Gasteiger partial charge in [0.2, 0.25) is 11.8 Å². The minimum absolute atomic E-state index is 0.000188. The third-order valence-corrected chi connectivity index (χ3v) is 6.84. The first-order valence-corrected chi connectivity index (χ1v) is 10.1. The Labute approximate surface area is 156 Å². The average Bonchev–Trinajstić information content (AvgIpc) is 3.16. The molecule has 2 fully saturated rings. The van der Waals surface area contributed by atoms with Crippen LogP contribution in [0.3, 0.4) is 0 Å². The molecule has 4 heteroatoms. The predicted octanol–water partition coefficient (Wildman–Crippen LogP) is 3.52. The molecule has 3 aliphatic rings. The van der Waals surface area contributed by atoms with Crippen LogP contribution in [0, 0.1) is 11.8 Å². The second kappa shape index (κ2) is 6.40. The fraction of sp³-hybridized carbons (Fsp3) is 0.636. The van der Waals surface area contributed by atoms with Crippen LogP contribution in [-0.2, 0) is 15.0 Å². The normalized spacial score (nSPS) is 26.4. The zero-order valence-corrected chi connectivity index (χ0v) is 16.2. The molecule has 4 nitrogen and oxygen atoms in total.